The Bertz CT molecular complexity index is 577. The lowest BCUT2D eigenvalue weighted by molar-refractivity contribution is -0.142. The predicted molar refractivity (Wildman–Crippen MR) is 71.3 cm³/mol. The smallest absolute Gasteiger partial charge is 0.306 e. The van der Waals surface area contributed by atoms with E-state index in [0.29, 0.717) is 25.6 Å². The molecule has 0 bridgehead atoms. The molecule has 1 aromatic heterocycles. The molecule has 0 radical (unpaired) electrons. The summed E-state index contributed by atoms with van der Waals surface area (Å²) >= 11 is 0. The number of carbonyl (C=O) groups is 1. The average Bonchev–Trinajstić information content (AvgIpc) is 2.80. The number of nitrogens with zero attached hydrogens (tertiary/aromatic N) is 2. The minimum Gasteiger partial charge on any atom is -0.481 e. The number of carboxylic acids is 1. The highest BCUT2D eigenvalue weighted by Gasteiger charge is 2.23. The molecule has 1 aliphatic rings. The Morgan fingerprint density at radius 3 is 3.10 bits per heavy atom. The van der Waals surface area contributed by atoms with Gasteiger partial charge in [0, 0.05) is 13.1 Å². The van der Waals surface area contributed by atoms with Gasteiger partial charge in [-0.1, -0.05) is 12.1 Å². The fourth-order valence-corrected chi connectivity index (χ4v) is 2.42. The first kappa shape index (κ1) is 13.1. The molecule has 0 saturated carbocycles. The molecule has 1 unspecified atom stereocenters. The van der Waals surface area contributed by atoms with Gasteiger partial charge >= 0.3 is 5.97 Å². The topological polar surface area (TPSA) is 75.8 Å². The highest BCUT2D eigenvalue weighted by molar-refractivity contribution is 5.72. The lowest BCUT2D eigenvalue weighted by Gasteiger charge is -2.31. The molecule has 1 saturated heterocycles. The van der Waals surface area contributed by atoms with Crippen LogP contribution in [0, 0.1) is 0 Å². The van der Waals surface area contributed by atoms with Gasteiger partial charge in [-0.3, -0.25) is 9.69 Å². The number of morpholine rings is 1. The van der Waals surface area contributed by atoms with Crippen molar-refractivity contribution in [3.05, 3.63) is 30.2 Å². The first-order chi connectivity index (χ1) is 9.70. The van der Waals surface area contributed by atoms with E-state index in [9.17, 15) is 4.79 Å². The van der Waals surface area contributed by atoms with Gasteiger partial charge in [0.25, 0.3) is 0 Å². The number of hydrogen-bond donors (Lipinski definition) is 1. The van der Waals surface area contributed by atoms with E-state index >= 15 is 0 Å². The van der Waals surface area contributed by atoms with Gasteiger partial charge in [0.15, 0.2) is 5.58 Å². The number of hydrogen-bond acceptors (Lipinski definition) is 5. The summed E-state index contributed by atoms with van der Waals surface area (Å²) in [6.07, 6.45) is -0.227. The van der Waals surface area contributed by atoms with Gasteiger partial charge in [0.05, 0.1) is 25.7 Å². The first-order valence-corrected chi connectivity index (χ1v) is 6.61. The molecule has 2 heterocycles. The number of ether oxygens (including phenoxy) is 1. The van der Waals surface area contributed by atoms with Crippen molar-refractivity contribution in [2.24, 2.45) is 0 Å². The zero-order chi connectivity index (χ0) is 13.9. The molecule has 1 aliphatic heterocycles. The number of benzene rings is 1. The van der Waals surface area contributed by atoms with Crippen LogP contribution in [0.3, 0.4) is 0 Å². The van der Waals surface area contributed by atoms with Gasteiger partial charge in [-0.25, -0.2) is 4.98 Å². The molecular weight excluding hydrogens is 260 g/mol. The summed E-state index contributed by atoms with van der Waals surface area (Å²) in [5, 5.41) is 8.81. The molecule has 20 heavy (non-hydrogen) atoms. The summed E-state index contributed by atoms with van der Waals surface area (Å²) in [4.78, 5) is 17.3. The average molecular weight is 276 g/mol. The summed E-state index contributed by atoms with van der Waals surface area (Å²) in [6, 6.07) is 7.63. The number of para-hydroxylation sites is 2. The Morgan fingerprint density at radius 2 is 2.30 bits per heavy atom. The van der Waals surface area contributed by atoms with Crippen molar-refractivity contribution in [2.45, 2.75) is 19.1 Å². The second-order valence-electron chi connectivity index (χ2n) is 4.90. The quantitative estimate of drug-likeness (QED) is 0.912. The van der Waals surface area contributed by atoms with E-state index in [2.05, 4.69) is 9.88 Å². The molecule has 6 nitrogen and oxygen atoms in total. The van der Waals surface area contributed by atoms with Crippen LogP contribution in [0.5, 0.6) is 0 Å². The normalized spacial score (nSPS) is 20.3. The van der Waals surface area contributed by atoms with Crippen LogP contribution < -0.4 is 0 Å². The summed E-state index contributed by atoms with van der Waals surface area (Å²) in [5.41, 5.74) is 1.62. The Morgan fingerprint density at radius 1 is 1.45 bits per heavy atom. The second kappa shape index (κ2) is 5.60. The number of aromatic nitrogens is 1. The third-order valence-corrected chi connectivity index (χ3v) is 3.32. The second-order valence-corrected chi connectivity index (χ2v) is 4.90. The van der Waals surface area contributed by atoms with Crippen LogP contribution in [0.25, 0.3) is 11.1 Å². The van der Waals surface area contributed by atoms with Gasteiger partial charge in [0.1, 0.15) is 5.52 Å². The minimum atomic E-state index is -0.835. The van der Waals surface area contributed by atoms with Gasteiger partial charge in [-0.15, -0.1) is 0 Å². The molecule has 2 aromatic rings. The van der Waals surface area contributed by atoms with Crippen molar-refractivity contribution in [1.82, 2.24) is 9.88 Å². The maximum atomic E-state index is 10.7. The molecule has 6 heteroatoms. The van der Waals surface area contributed by atoms with E-state index in [4.69, 9.17) is 14.3 Å². The van der Waals surface area contributed by atoms with Crippen LogP contribution >= 0.6 is 0 Å². The lowest BCUT2D eigenvalue weighted by atomic mass is 10.2. The molecule has 0 aliphatic carbocycles. The summed E-state index contributed by atoms with van der Waals surface area (Å²) < 4.78 is 11.1. The number of rotatable bonds is 4. The first-order valence-electron chi connectivity index (χ1n) is 6.61. The zero-order valence-electron chi connectivity index (χ0n) is 11.0. The molecule has 3 rings (SSSR count). The molecule has 0 amide bonds. The monoisotopic (exact) mass is 276 g/mol. The maximum Gasteiger partial charge on any atom is 0.306 e. The third kappa shape index (κ3) is 2.97. The number of oxazole rings is 1. The zero-order valence-corrected chi connectivity index (χ0v) is 11.0. The maximum absolute atomic E-state index is 10.7. The number of aliphatic carboxylic acids is 1. The van der Waals surface area contributed by atoms with E-state index in [-0.39, 0.29) is 12.5 Å². The Hall–Kier alpha value is -1.92. The third-order valence-electron chi connectivity index (χ3n) is 3.32. The SMILES string of the molecule is O=C(O)CC1CN(Cc2nc3ccccc3o2)CCO1. The molecule has 1 atom stereocenters. The van der Waals surface area contributed by atoms with Crippen LogP contribution in [0.15, 0.2) is 28.7 Å². The molecule has 1 fully saturated rings. The molecule has 106 valence electrons. The lowest BCUT2D eigenvalue weighted by Crippen LogP contribution is -2.42. The molecule has 0 spiro atoms. The van der Waals surface area contributed by atoms with E-state index in [1.807, 2.05) is 24.3 Å². The van der Waals surface area contributed by atoms with Crippen molar-refractivity contribution in [2.75, 3.05) is 19.7 Å². The summed E-state index contributed by atoms with van der Waals surface area (Å²) in [7, 11) is 0. The minimum absolute atomic E-state index is 0.0318. The predicted octanol–water partition coefficient (Wildman–Crippen LogP) is 1.50. The van der Waals surface area contributed by atoms with Crippen molar-refractivity contribution >= 4 is 17.1 Å². The van der Waals surface area contributed by atoms with Crippen LogP contribution in [-0.2, 0) is 16.1 Å². The largest absolute Gasteiger partial charge is 0.481 e. The number of fused-ring (bicyclic) bond motifs is 1. The molecular formula is C14H16N2O4. The van der Waals surface area contributed by atoms with Crippen LogP contribution in [0.2, 0.25) is 0 Å². The fraction of sp³-hybridized carbons (Fsp3) is 0.429. The van der Waals surface area contributed by atoms with E-state index in [1.54, 1.807) is 0 Å². The van der Waals surface area contributed by atoms with Crippen LogP contribution in [0.4, 0.5) is 0 Å². The highest BCUT2D eigenvalue weighted by Crippen LogP contribution is 2.17. The fourth-order valence-electron chi connectivity index (χ4n) is 2.42. The van der Waals surface area contributed by atoms with Crippen molar-refractivity contribution < 1.29 is 19.1 Å². The van der Waals surface area contributed by atoms with E-state index in [1.165, 1.54) is 0 Å². The summed E-state index contributed by atoms with van der Waals surface area (Å²) in [6.45, 7) is 2.46. The van der Waals surface area contributed by atoms with Crippen molar-refractivity contribution in [3.8, 4) is 0 Å². The van der Waals surface area contributed by atoms with E-state index < -0.39 is 5.97 Å². The van der Waals surface area contributed by atoms with Crippen LogP contribution in [-0.4, -0.2) is 46.8 Å². The summed E-state index contributed by atoms with van der Waals surface area (Å²) in [5.74, 6) is -0.180. The van der Waals surface area contributed by atoms with Gasteiger partial charge < -0.3 is 14.3 Å². The molecule has 1 N–H and O–H groups in total. The Labute approximate surface area is 116 Å². The Kier molecular flexibility index (Phi) is 3.66. The van der Waals surface area contributed by atoms with Crippen molar-refractivity contribution in [3.63, 3.8) is 0 Å². The van der Waals surface area contributed by atoms with Crippen LogP contribution in [0.1, 0.15) is 12.3 Å². The highest BCUT2D eigenvalue weighted by atomic mass is 16.5. The molecule has 1 aromatic carbocycles. The van der Waals surface area contributed by atoms with Crippen molar-refractivity contribution in [1.29, 1.82) is 0 Å². The van der Waals surface area contributed by atoms with Gasteiger partial charge in [-0.05, 0) is 12.1 Å². The number of carboxylic acid groups (broad SMARTS) is 1. The van der Waals surface area contributed by atoms with E-state index in [0.717, 1.165) is 17.6 Å². The Balaban J connectivity index is 1.66. The van der Waals surface area contributed by atoms with Gasteiger partial charge in [0.2, 0.25) is 5.89 Å². The standard InChI is InChI=1S/C14H16N2O4/c17-14(18)7-10-8-16(5-6-19-10)9-13-15-11-3-1-2-4-12(11)20-13/h1-4,10H,5-9H2,(H,17,18). The van der Waals surface area contributed by atoms with Gasteiger partial charge in [-0.2, -0.15) is 0 Å².